The van der Waals surface area contributed by atoms with Crippen LogP contribution < -0.4 is 5.73 Å². The number of hydrogen-bond acceptors (Lipinski definition) is 5. The van der Waals surface area contributed by atoms with Crippen molar-refractivity contribution in [3.63, 3.8) is 0 Å². The van der Waals surface area contributed by atoms with Crippen LogP contribution in [0.25, 0.3) is 0 Å². The zero-order chi connectivity index (χ0) is 11.5. The molecular formula is C10H24Cl2N2O2S. The van der Waals surface area contributed by atoms with Gasteiger partial charge in [0, 0.05) is 6.54 Å². The van der Waals surface area contributed by atoms with Crippen LogP contribution in [0.1, 0.15) is 13.8 Å². The summed E-state index contributed by atoms with van der Waals surface area (Å²) in [5.41, 5.74) is 5.27. The van der Waals surface area contributed by atoms with Crippen molar-refractivity contribution in [3.8, 4) is 0 Å². The molecule has 2 N–H and O–H groups in total. The van der Waals surface area contributed by atoms with E-state index in [9.17, 15) is 0 Å². The Labute approximate surface area is 122 Å². The number of rotatable bonds is 9. The Kier molecular flexibility index (Phi) is 21.7. The Morgan fingerprint density at radius 2 is 1.71 bits per heavy atom. The van der Waals surface area contributed by atoms with Crippen molar-refractivity contribution in [2.45, 2.75) is 13.8 Å². The fourth-order valence-corrected chi connectivity index (χ4v) is 1.34. The van der Waals surface area contributed by atoms with Crippen LogP contribution in [0.15, 0.2) is 0 Å². The van der Waals surface area contributed by atoms with Gasteiger partial charge in [0.15, 0.2) is 5.05 Å². The number of thiocarbonyl (C=S) groups is 1. The van der Waals surface area contributed by atoms with Gasteiger partial charge in [-0.05, 0) is 25.3 Å². The van der Waals surface area contributed by atoms with Gasteiger partial charge in [0.05, 0.1) is 19.8 Å². The molecular weight excluding hydrogens is 283 g/mol. The number of halogens is 2. The maximum atomic E-state index is 5.35. The first kappa shape index (κ1) is 22.5. The standard InChI is InChI=1S/C10H22N2O2S.2ClH/c1-3-12(4-2)9-10(15)14-8-7-13-6-5-11;;/h3-9,11H2,1-2H3;2*1H. The summed E-state index contributed by atoms with van der Waals surface area (Å²) >= 11 is 5.10. The fraction of sp³-hybridized carbons (Fsp3) is 0.900. The van der Waals surface area contributed by atoms with Crippen LogP contribution in [0.5, 0.6) is 0 Å². The van der Waals surface area contributed by atoms with Gasteiger partial charge in [-0.25, -0.2) is 0 Å². The van der Waals surface area contributed by atoms with Crippen LogP contribution in [-0.2, 0) is 9.47 Å². The molecule has 0 aliphatic rings. The minimum atomic E-state index is 0. The lowest BCUT2D eigenvalue weighted by Crippen LogP contribution is -2.30. The van der Waals surface area contributed by atoms with Crippen LogP contribution in [0.3, 0.4) is 0 Å². The smallest absolute Gasteiger partial charge is 0.173 e. The average Bonchev–Trinajstić information content (AvgIpc) is 2.25. The van der Waals surface area contributed by atoms with Gasteiger partial charge in [-0.2, -0.15) is 0 Å². The first-order valence-electron chi connectivity index (χ1n) is 5.40. The molecule has 0 saturated carbocycles. The van der Waals surface area contributed by atoms with E-state index in [0.717, 1.165) is 19.6 Å². The molecule has 0 spiro atoms. The average molecular weight is 307 g/mol. The third-order valence-corrected chi connectivity index (χ3v) is 2.25. The predicted octanol–water partition coefficient (Wildman–Crippen LogP) is 1.49. The van der Waals surface area contributed by atoms with Crippen molar-refractivity contribution >= 4 is 42.1 Å². The van der Waals surface area contributed by atoms with Gasteiger partial charge in [-0.15, -0.1) is 24.8 Å². The molecule has 0 aliphatic heterocycles. The number of ether oxygens (including phenoxy) is 2. The van der Waals surface area contributed by atoms with E-state index in [-0.39, 0.29) is 24.8 Å². The normalized spacial score (nSPS) is 9.41. The Bertz CT molecular complexity index is 172. The maximum absolute atomic E-state index is 5.35. The summed E-state index contributed by atoms with van der Waals surface area (Å²) in [5, 5.41) is 0.634. The Balaban J connectivity index is -0.000000980. The number of hydrogen-bond donors (Lipinski definition) is 1. The van der Waals surface area contributed by atoms with E-state index in [2.05, 4.69) is 18.7 Å². The second-order valence-electron chi connectivity index (χ2n) is 3.08. The van der Waals surface area contributed by atoms with E-state index in [0.29, 0.717) is 31.4 Å². The maximum Gasteiger partial charge on any atom is 0.173 e. The highest BCUT2D eigenvalue weighted by Crippen LogP contribution is 1.91. The Morgan fingerprint density at radius 3 is 2.18 bits per heavy atom. The van der Waals surface area contributed by atoms with Crippen molar-refractivity contribution < 1.29 is 9.47 Å². The van der Waals surface area contributed by atoms with Crippen LogP contribution >= 0.6 is 37.0 Å². The van der Waals surface area contributed by atoms with Crippen molar-refractivity contribution in [2.75, 3.05) is 46.0 Å². The van der Waals surface area contributed by atoms with Crippen molar-refractivity contribution in [2.24, 2.45) is 5.73 Å². The quantitative estimate of drug-likeness (QED) is 0.517. The van der Waals surface area contributed by atoms with E-state index in [1.807, 2.05) is 0 Å². The van der Waals surface area contributed by atoms with Crippen LogP contribution in [0.4, 0.5) is 0 Å². The molecule has 0 amide bonds. The van der Waals surface area contributed by atoms with Gasteiger partial charge in [0.25, 0.3) is 0 Å². The third-order valence-electron chi connectivity index (χ3n) is 2.00. The Hall–Kier alpha value is 0.350. The first-order chi connectivity index (χ1) is 7.24. The number of nitrogens with zero attached hydrogens (tertiary/aromatic N) is 1. The molecule has 0 saturated heterocycles. The lowest BCUT2D eigenvalue weighted by atomic mass is 10.5. The molecule has 0 bridgehead atoms. The minimum absolute atomic E-state index is 0. The number of nitrogens with two attached hydrogens (primary N) is 1. The van der Waals surface area contributed by atoms with Crippen LogP contribution in [0.2, 0.25) is 0 Å². The molecule has 4 nitrogen and oxygen atoms in total. The molecule has 0 aromatic carbocycles. The fourth-order valence-electron chi connectivity index (χ4n) is 1.08. The molecule has 0 aromatic rings. The second-order valence-corrected chi connectivity index (χ2v) is 3.54. The van der Waals surface area contributed by atoms with Crippen molar-refractivity contribution in [3.05, 3.63) is 0 Å². The summed E-state index contributed by atoms with van der Waals surface area (Å²) in [6.07, 6.45) is 0. The lowest BCUT2D eigenvalue weighted by molar-refractivity contribution is 0.101. The highest BCUT2D eigenvalue weighted by Gasteiger charge is 2.03. The first-order valence-corrected chi connectivity index (χ1v) is 5.81. The molecule has 17 heavy (non-hydrogen) atoms. The monoisotopic (exact) mass is 306 g/mol. The molecule has 0 rings (SSSR count). The molecule has 7 heteroatoms. The van der Waals surface area contributed by atoms with Gasteiger partial charge >= 0.3 is 0 Å². The number of likely N-dealkylation sites (N-methyl/N-ethyl adjacent to an activating group) is 1. The van der Waals surface area contributed by atoms with E-state index in [1.54, 1.807) is 0 Å². The second kappa shape index (κ2) is 16.4. The van der Waals surface area contributed by atoms with E-state index < -0.39 is 0 Å². The molecule has 0 aliphatic carbocycles. The molecule has 0 aromatic heterocycles. The van der Waals surface area contributed by atoms with Gasteiger partial charge in [-0.1, -0.05) is 13.8 Å². The van der Waals surface area contributed by atoms with Crippen molar-refractivity contribution in [1.82, 2.24) is 4.90 Å². The van der Waals surface area contributed by atoms with Gasteiger partial charge in [0.1, 0.15) is 6.61 Å². The highest BCUT2D eigenvalue weighted by molar-refractivity contribution is 7.80. The van der Waals surface area contributed by atoms with E-state index in [4.69, 9.17) is 27.4 Å². The third kappa shape index (κ3) is 14.3. The lowest BCUT2D eigenvalue weighted by Gasteiger charge is -2.18. The van der Waals surface area contributed by atoms with E-state index >= 15 is 0 Å². The van der Waals surface area contributed by atoms with Gasteiger partial charge in [0.2, 0.25) is 0 Å². The van der Waals surface area contributed by atoms with Crippen LogP contribution in [0, 0.1) is 0 Å². The topological polar surface area (TPSA) is 47.7 Å². The summed E-state index contributed by atoms with van der Waals surface area (Å²) in [4.78, 5) is 2.21. The molecule has 0 atom stereocenters. The predicted molar refractivity (Wildman–Crippen MR) is 80.7 cm³/mol. The summed E-state index contributed by atoms with van der Waals surface area (Å²) in [6.45, 7) is 9.10. The summed E-state index contributed by atoms with van der Waals surface area (Å²) in [7, 11) is 0. The largest absolute Gasteiger partial charge is 0.483 e. The zero-order valence-electron chi connectivity index (χ0n) is 10.5. The molecule has 0 fully saturated rings. The Morgan fingerprint density at radius 1 is 1.12 bits per heavy atom. The highest BCUT2D eigenvalue weighted by atomic mass is 35.5. The molecule has 106 valence electrons. The SMILES string of the molecule is CCN(CC)CC(=S)OCCOCCN.Cl.Cl. The minimum Gasteiger partial charge on any atom is -0.483 e. The molecule has 0 radical (unpaired) electrons. The molecule has 0 unspecified atom stereocenters. The van der Waals surface area contributed by atoms with E-state index in [1.165, 1.54) is 0 Å². The van der Waals surface area contributed by atoms with Crippen molar-refractivity contribution in [1.29, 1.82) is 0 Å². The van der Waals surface area contributed by atoms with Crippen LogP contribution in [-0.4, -0.2) is 56.0 Å². The zero-order valence-corrected chi connectivity index (χ0v) is 13.0. The molecule has 0 heterocycles. The summed E-state index contributed by atoms with van der Waals surface area (Å²) in [5.74, 6) is 0. The summed E-state index contributed by atoms with van der Waals surface area (Å²) < 4.78 is 10.5. The van der Waals surface area contributed by atoms with Gasteiger partial charge in [-0.3, -0.25) is 4.90 Å². The van der Waals surface area contributed by atoms with Gasteiger partial charge < -0.3 is 15.2 Å². The summed E-state index contributed by atoms with van der Waals surface area (Å²) in [6, 6.07) is 0.